The quantitative estimate of drug-likeness (QED) is 0.710. The Kier molecular flexibility index (Phi) is 3.78. The van der Waals surface area contributed by atoms with Crippen LogP contribution in [0.1, 0.15) is 12.0 Å². The second-order valence-electron chi connectivity index (χ2n) is 4.72. The third-order valence-electron chi connectivity index (χ3n) is 3.11. The van der Waals surface area contributed by atoms with Crippen LogP contribution in [0.3, 0.4) is 0 Å². The van der Waals surface area contributed by atoms with Gasteiger partial charge in [0, 0.05) is 18.7 Å². The summed E-state index contributed by atoms with van der Waals surface area (Å²) < 4.78 is 22.8. The van der Waals surface area contributed by atoms with Crippen molar-refractivity contribution >= 4 is 27.5 Å². The van der Waals surface area contributed by atoms with E-state index in [1.807, 2.05) is 0 Å². The highest BCUT2D eigenvalue weighted by Gasteiger charge is 2.28. The lowest BCUT2D eigenvalue weighted by Gasteiger charge is -2.11. The summed E-state index contributed by atoms with van der Waals surface area (Å²) in [5, 5.41) is 10.3. The van der Waals surface area contributed by atoms with Crippen LogP contribution in [0.5, 0.6) is 0 Å². The predicted molar refractivity (Wildman–Crippen MR) is 72.3 cm³/mol. The van der Waals surface area contributed by atoms with Gasteiger partial charge < -0.3 is 10.6 Å². The maximum atomic E-state index is 11.9. The molecule has 0 spiro atoms. The van der Waals surface area contributed by atoms with E-state index in [0.717, 1.165) is 0 Å². The summed E-state index contributed by atoms with van der Waals surface area (Å²) in [6.07, 6.45) is 0.139. The molecule has 8 heteroatoms. The highest BCUT2D eigenvalue weighted by atomic mass is 32.2. The molecule has 1 saturated heterocycles. The summed E-state index contributed by atoms with van der Waals surface area (Å²) in [4.78, 5) is 22.9. The number of sulfonamides is 1. The zero-order chi connectivity index (χ0) is 14.9. The fraction of sp³-hybridized carbons (Fsp3) is 0.333. The van der Waals surface area contributed by atoms with Gasteiger partial charge in [-0.05, 0) is 24.6 Å². The largest absolute Gasteiger partial charge is 0.355 e. The molecule has 1 aromatic rings. The van der Waals surface area contributed by atoms with E-state index >= 15 is 0 Å². The van der Waals surface area contributed by atoms with Gasteiger partial charge in [-0.2, -0.15) is 0 Å². The number of hydrogen-bond donors (Lipinski definition) is 3. The van der Waals surface area contributed by atoms with Gasteiger partial charge >= 0.3 is 0 Å². The first-order chi connectivity index (χ1) is 9.27. The van der Waals surface area contributed by atoms with Crippen molar-refractivity contribution in [1.82, 2.24) is 5.32 Å². The number of aryl methyl sites for hydroxylation is 1. The van der Waals surface area contributed by atoms with Crippen LogP contribution in [-0.4, -0.2) is 26.8 Å². The van der Waals surface area contributed by atoms with Crippen molar-refractivity contribution < 1.29 is 18.0 Å². The van der Waals surface area contributed by atoms with Gasteiger partial charge in [-0.3, -0.25) is 9.59 Å². The predicted octanol–water partition coefficient (Wildman–Crippen LogP) is -0.283. The van der Waals surface area contributed by atoms with Crippen LogP contribution in [0, 0.1) is 12.8 Å². The first kappa shape index (κ1) is 14.5. The van der Waals surface area contributed by atoms with E-state index in [-0.39, 0.29) is 23.1 Å². The molecule has 0 radical (unpaired) electrons. The lowest BCUT2D eigenvalue weighted by Crippen LogP contribution is -2.25. The van der Waals surface area contributed by atoms with Gasteiger partial charge in [-0.1, -0.05) is 6.07 Å². The number of benzene rings is 1. The highest BCUT2D eigenvalue weighted by molar-refractivity contribution is 7.89. The molecule has 0 aromatic heterocycles. The molecule has 20 heavy (non-hydrogen) atoms. The Labute approximate surface area is 116 Å². The summed E-state index contributed by atoms with van der Waals surface area (Å²) in [6.45, 7) is 1.91. The van der Waals surface area contributed by atoms with Crippen molar-refractivity contribution in [2.75, 3.05) is 11.9 Å². The number of nitrogens with one attached hydrogen (secondary N) is 2. The number of hydrogen-bond acceptors (Lipinski definition) is 4. The molecule has 108 valence electrons. The number of amides is 2. The summed E-state index contributed by atoms with van der Waals surface area (Å²) in [6, 6.07) is 4.46. The minimum atomic E-state index is -3.84. The van der Waals surface area contributed by atoms with Crippen LogP contribution >= 0.6 is 0 Å². The number of carbonyl (C=O) groups is 2. The molecule has 0 saturated carbocycles. The molecule has 1 fully saturated rings. The standard InChI is InChI=1S/C12H15N3O4S/c1-7-2-3-9(5-10(7)20(13,18)19)15-12(17)8-4-11(16)14-6-8/h2-3,5,8H,4,6H2,1H3,(H,14,16)(H,15,17)(H2,13,18,19). The van der Waals surface area contributed by atoms with Crippen molar-refractivity contribution in [3.05, 3.63) is 23.8 Å². The Morgan fingerprint density at radius 3 is 2.70 bits per heavy atom. The van der Waals surface area contributed by atoms with Gasteiger partial charge in [0.2, 0.25) is 21.8 Å². The van der Waals surface area contributed by atoms with E-state index in [2.05, 4.69) is 10.6 Å². The monoisotopic (exact) mass is 297 g/mol. The number of anilines is 1. The Morgan fingerprint density at radius 2 is 2.15 bits per heavy atom. The molecule has 7 nitrogen and oxygen atoms in total. The van der Waals surface area contributed by atoms with E-state index in [1.165, 1.54) is 6.07 Å². The zero-order valence-corrected chi connectivity index (χ0v) is 11.7. The van der Waals surface area contributed by atoms with Gasteiger partial charge in [0.15, 0.2) is 0 Å². The van der Waals surface area contributed by atoms with E-state index in [1.54, 1.807) is 19.1 Å². The van der Waals surface area contributed by atoms with Crippen molar-refractivity contribution in [2.45, 2.75) is 18.2 Å². The second-order valence-corrected chi connectivity index (χ2v) is 6.25. The number of carbonyl (C=O) groups excluding carboxylic acids is 2. The molecule has 1 heterocycles. The van der Waals surface area contributed by atoms with Crippen molar-refractivity contribution in [2.24, 2.45) is 11.1 Å². The molecule has 1 aliphatic rings. The molecule has 0 aliphatic carbocycles. The van der Waals surface area contributed by atoms with Crippen LogP contribution in [-0.2, 0) is 19.6 Å². The number of nitrogens with two attached hydrogens (primary N) is 1. The van der Waals surface area contributed by atoms with Gasteiger partial charge in [-0.25, -0.2) is 13.6 Å². The van der Waals surface area contributed by atoms with Gasteiger partial charge in [-0.15, -0.1) is 0 Å². The number of primary sulfonamides is 1. The topological polar surface area (TPSA) is 118 Å². The maximum Gasteiger partial charge on any atom is 0.238 e. The van der Waals surface area contributed by atoms with Crippen LogP contribution in [0.15, 0.2) is 23.1 Å². The first-order valence-electron chi connectivity index (χ1n) is 5.98. The third-order valence-corrected chi connectivity index (χ3v) is 4.16. The third kappa shape index (κ3) is 3.14. The summed E-state index contributed by atoms with van der Waals surface area (Å²) >= 11 is 0. The van der Waals surface area contributed by atoms with E-state index in [9.17, 15) is 18.0 Å². The van der Waals surface area contributed by atoms with Crippen LogP contribution < -0.4 is 15.8 Å². The summed E-state index contributed by atoms with van der Waals surface area (Å²) in [5.41, 5.74) is 0.840. The molecule has 2 amide bonds. The summed E-state index contributed by atoms with van der Waals surface area (Å²) in [5.74, 6) is -0.936. The summed E-state index contributed by atoms with van der Waals surface area (Å²) in [7, 11) is -3.84. The lowest BCUT2D eigenvalue weighted by molar-refractivity contribution is -0.123. The fourth-order valence-electron chi connectivity index (χ4n) is 2.02. The Hall–Kier alpha value is -1.93. The highest BCUT2D eigenvalue weighted by Crippen LogP contribution is 2.20. The van der Waals surface area contributed by atoms with Crippen LogP contribution in [0.2, 0.25) is 0 Å². The molecule has 4 N–H and O–H groups in total. The smallest absolute Gasteiger partial charge is 0.238 e. The minimum absolute atomic E-state index is 0.0316. The normalized spacial score (nSPS) is 18.7. The molecule has 1 aliphatic heterocycles. The molecule has 1 aromatic carbocycles. The average Bonchev–Trinajstić information content (AvgIpc) is 2.77. The molecule has 2 rings (SSSR count). The average molecular weight is 297 g/mol. The molecule has 1 atom stereocenters. The van der Waals surface area contributed by atoms with Crippen molar-refractivity contribution in [3.63, 3.8) is 0 Å². The van der Waals surface area contributed by atoms with Crippen LogP contribution in [0.4, 0.5) is 5.69 Å². The maximum absolute atomic E-state index is 11.9. The van der Waals surface area contributed by atoms with E-state index < -0.39 is 15.9 Å². The molecule has 0 bridgehead atoms. The number of rotatable bonds is 3. The van der Waals surface area contributed by atoms with E-state index in [4.69, 9.17) is 5.14 Å². The SMILES string of the molecule is Cc1ccc(NC(=O)C2CNC(=O)C2)cc1S(N)(=O)=O. The van der Waals surface area contributed by atoms with Crippen molar-refractivity contribution in [3.8, 4) is 0 Å². The molecular formula is C12H15N3O4S. The second kappa shape index (κ2) is 5.22. The zero-order valence-electron chi connectivity index (χ0n) is 10.8. The van der Waals surface area contributed by atoms with Gasteiger partial charge in [0.05, 0.1) is 10.8 Å². The van der Waals surface area contributed by atoms with Gasteiger partial charge in [0.1, 0.15) is 0 Å². The minimum Gasteiger partial charge on any atom is -0.355 e. The molecule has 1 unspecified atom stereocenters. The van der Waals surface area contributed by atoms with Crippen molar-refractivity contribution in [1.29, 1.82) is 0 Å². The Morgan fingerprint density at radius 1 is 1.45 bits per heavy atom. The Bertz CT molecular complexity index is 669. The van der Waals surface area contributed by atoms with Crippen LogP contribution in [0.25, 0.3) is 0 Å². The first-order valence-corrected chi connectivity index (χ1v) is 7.53. The lowest BCUT2D eigenvalue weighted by atomic mass is 10.1. The fourth-order valence-corrected chi connectivity index (χ4v) is 2.83. The van der Waals surface area contributed by atoms with E-state index in [0.29, 0.717) is 17.8 Å². The Balaban J connectivity index is 2.18. The van der Waals surface area contributed by atoms with Gasteiger partial charge in [0.25, 0.3) is 0 Å². The molecular weight excluding hydrogens is 282 g/mol.